The first kappa shape index (κ1) is 14.4. The Labute approximate surface area is 109 Å². The molecule has 0 aliphatic carbocycles. The van der Waals surface area contributed by atoms with E-state index in [0.29, 0.717) is 16.6 Å². The van der Waals surface area contributed by atoms with E-state index in [2.05, 4.69) is 25.9 Å². The number of nitrogens with one attached hydrogen (secondary N) is 1. The molecule has 1 rings (SSSR count). The summed E-state index contributed by atoms with van der Waals surface area (Å²) in [6.07, 6.45) is 2.59. The zero-order chi connectivity index (χ0) is 13.2. The van der Waals surface area contributed by atoms with Gasteiger partial charge >= 0.3 is 0 Å². The first-order valence-corrected chi connectivity index (χ1v) is 7.99. The van der Waals surface area contributed by atoms with Gasteiger partial charge < -0.3 is 4.98 Å². The van der Waals surface area contributed by atoms with Gasteiger partial charge in [0.2, 0.25) is 0 Å². The summed E-state index contributed by atoms with van der Waals surface area (Å²) in [5, 5.41) is -0.807. The molecule has 0 bridgehead atoms. The van der Waals surface area contributed by atoms with Gasteiger partial charge in [0.1, 0.15) is 15.5 Å². The molecule has 0 fully saturated rings. The summed E-state index contributed by atoms with van der Waals surface area (Å²) < 4.78 is 23.2. The minimum atomic E-state index is -3.27. The number of hydrogen-bond donors (Lipinski definition) is 1. The third-order valence-electron chi connectivity index (χ3n) is 2.46. The molecule has 1 atom stereocenters. The maximum absolute atomic E-state index is 11.6. The Morgan fingerprint density at radius 3 is 2.53 bits per heavy atom. The van der Waals surface area contributed by atoms with Crippen molar-refractivity contribution in [2.75, 3.05) is 6.26 Å². The lowest BCUT2D eigenvalue weighted by Gasteiger charge is -2.10. The van der Waals surface area contributed by atoms with Gasteiger partial charge in [-0.05, 0) is 29.3 Å². The Bertz CT molecular complexity index is 565. The van der Waals surface area contributed by atoms with E-state index in [1.807, 2.05) is 6.92 Å². The van der Waals surface area contributed by atoms with Crippen molar-refractivity contribution in [2.45, 2.75) is 31.9 Å². The lowest BCUT2D eigenvalue weighted by atomic mass is 10.2. The van der Waals surface area contributed by atoms with Crippen molar-refractivity contribution < 1.29 is 8.42 Å². The van der Waals surface area contributed by atoms with Crippen molar-refractivity contribution in [1.82, 2.24) is 9.97 Å². The normalized spacial score (nSPS) is 13.6. The minimum absolute atomic E-state index is 0.198. The van der Waals surface area contributed by atoms with E-state index in [4.69, 9.17) is 0 Å². The number of aryl methyl sites for hydroxylation is 1. The highest BCUT2D eigenvalue weighted by atomic mass is 79.9. The Balaban J connectivity index is 3.33. The first-order chi connectivity index (χ1) is 7.77. The molecule has 0 aromatic carbocycles. The van der Waals surface area contributed by atoms with E-state index in [0.717, 1.165) is 12.7 Å². The van der Waals surface area contributed by atoms with Gasteiger partial charge in [0.15, 0.2) is 9.84 Å². The second-order valence-corrected chi connectivity index (χ2v) is 7.09. The average molecular weight is 323 g/mol. The molecule has 0 saturated heterocycles. The quantitative estimate of drug-likeness (QED) is 0.912. The van der Waals surface area contributed by atoms with Crippen molar-refractivity contribution in [2.24, 2.45) is 0 Å². The molecule has 0 saturated carbocycles. The monoisotopic (exact) mass is 322 g/mol. The van der Waals surface area contributed by atoms with E-state index < -0.39 is 15.1 Å². The molecule has 0 aliphatic heterocycles. The maximum atomic E-state index is 11.6. The van der Waals surface area contributed by atoms with E-state index in [1.54, 1.807) is 0 Å². The van der Waals surface area contributed by atoms with E-state index in [-0.39, 0.29) is 11.4 Å². The molecular formula is C10H15BrN2O3S. The van der Waals surface area contributed by atoms with Gasteiger partial charge in [-0.3, -0.25) is 4.79 Å². The second kappa shape index (κ2) is 5.30. The second-order valence-electron chi connectivity index (χ2n) is 3.93. The van der Waals surface area contributed by atoms with Crippen LogP contribution in [0.3, 0.4) is 0 Å². The number of halogens is 1. The number of H-pyrrole nitrogens is 1. The molecule has 5 nitrogen and oxygen atoms in total. The summed E-state index contributed by atoms with van der Waals surface area (Å²) in [4.78, 5) is 18.3. The van der Waals surface area contributed by atoms with Crippen molar-refractivity contribution in [3.05, 3.63) is 26.3 Å². The Hall–Kier alpha value is -0.690. The number of sulfone groups is 1. The van der Waals surface area contributed by atoms with Crippen LogP contribution in [0.15, 0.2) is 9.27 Å². The van der Waals surface area contributed by atoms with Crippen molar-refractivity contribution in [3.8, 4) is 0 Å². The van der Waals surface area contributed by atoms with Gasteiger partial charge in [-0.25, -0.2) is 13.4 Å². The standard InChI is InChI=1S/C10H15BrN2O3S/c1-4-5-7-8(11)10(14)13-9(12-7)6(2)17(3,15)16/h6H,4-5H2,1-3H3,(H,12,13,14). The van der Waals surface area contributed by atoms with Gasteiger partial charge in [0.25, 0.3) is 5.56 Å². The molecule has 0 spiro atoms. The van der Waals surface area contributed by atoms with E-state index >= 15 is 0 Å². The summed E-state index contributed by atoms with van der Waals surface area (Å²) in [5.74, 6) is 0.198. The number of rotatable bonds is 4. The summed E-state index contributed by atoms with van der Waals surface area (Å²) in [5.41, 5.74) is 0.260. The Morgan fingerprint density at radius 2 is 2.06 bits per heavy atom. The van der Waals surface area contributed by atoms with Gasteiger partial charge in [0, 0.05) is 6.26 Å². The fourth-order valence-corrected chi connectivity index (χ4v) is 2.23. The number of aromatic nitrogens is 2. The van der Waals surface area contributed by atoms with Crippen LogP contribution in [0.2, 0.25) is 0 Å². The molecule has 1 aromatic rings. The predicted molar refractivity (Wildman–Crippen MR) is 69.8 cm³/mol. The molecule has 7 heteroatoms. The summed E-state index contributed by atoms with van der Waals surface area (Å²) in [6.45, 7) is 3.48. The van der Waals surface area contributed by atoms with Crippen LogP contribution in [0, 0.1) is 0 Å². The molecule has 1 N–H and O–H groups in total. The number of aromatic amines is 1. The predicted octanol–water partition coefficient (Wildman–Crippen LogP) is 1.59. The highest BCUT2D eigenvalue weighted by Crippen LogP contribution is 2.19. The number of nitrogens with zero attached hydrogens (tertiary/aromatic N) is 1. The molecule has 0 aliphatic rings. The fraction of sp³-hybridized carbons (Fsp3) is 0.600. The third-order valence-corrected chi connectivity index (χ3v) is 4.79. The number of hydrogen-bond acceptors (Lipinski definition) is 4. The molecule has 1 aromatic heterocycles. The summed E-state index contributed by atoms with van der Waals surface area (Å²) in [7, 11) is -3.27. The van der Waals surface area contributed by atoms with Gasteiger partial charge in [-0.15, -0.1) is 0 Å². The third kappa shape index (κ3) is 3.38. The zero-order valence-corrected chi connectivity index (χ0v) is 12.4. The lowest BCUT2D eigenvalue weighted by molar-refractivity contribution is 0.588. The Kier molecular flexibility index (Phi) is 4.48. The SMILES string of the molecule is CCCc1nc(C(C)S(C)(=O)=O)[nH]c(=O)c1Br. The molecule has 1 unspecified atom stereocenters. The smallest absolute Gasteiger partial charge is 0.265 e. The highest BCUT2D eigenvalue weighted by molar-refractivity contribution is 9.10. The van der Waals surface area contributed by atoms with Crippen molar-refractivity contribution >= 4 is 25.8 Å². The maximum Gasteiger partial charge on any atom is 0.265 e. The molecule has 17 heavy (non-hydrogen) atoms. The molecule has 96 valence electrons. The largest absolute Gasteiger partial charge is 0.308 e. The van der Waals surface area contributed by atoms with Crippen LogP contribution >= 0.6 is 15.9 Å². The van der Waals surface area contributed by atoms with Crippen LogP contribution < -0.4 is 5.56 Å². The molecule has 0 amide bonds. The van der Waals surface area contributed by atoms with Crippen LogP contribution in [0.25, 0.3) is 0 Å². The molecule has 1 heterocycles. The first-order valence-electron chi connectivity index (χ1n) is 5.24. The summed E-state index contributed by atoms with van der Waals surface area (Å²) in [6, 6.07) is 0. The van der Waals surface area contributed by atoms with Gasteiger partial charge in [-0.1, -0.05) is 13.3 Å². The lowest BCUT2D eigenvalue weighted by Crippen LogP contribution is -2.20. The van der Waals surface area contributed by atoms with Gasteiger partial charge in [0.05, 0.1) is 5.69 Å². The van der Waals surface area contributed by atoms with Crippen molar-refractivity contribution in [3.63, 3.8) is 0 Å². The van der Waals surface area contributed by atoms with E-state index in [1.165, 1.54) is 6.92 Å². The topological polar surface area (TPSA) is 79.9 Å². The molecular weight excluding hydrogens is 308 g/mol. The summed E-state index contributed by atoms with van der Waals surface area (Å²) >= 11 is 3.16. The Morgan fingerprint density at radius 1 is 1.47 bits per heavy atom. The van der Waals surface area contributed by atoms with Crippen LogP contribution in [0.5, 0.6) is 0 Å². The van der Waals surface area contributed by atoms with Gasteiger partial charge in [-0.2, -0.15) is 0 Å². The van der Waals surface area contributed by atoms with Crippen molar-refractivity contribution in [1.29, 1.82) is 0 Å². The van der Waals surface area contributed by atoms with Crippen LogP contribution in [-0.2, 0) is 16.3 Å². The zero-order valence-electron chi connectivity index (χ0n) is 9.95. The molecule has 0 radical (unpaired) electrons. The van der Waals surface area contributed by atoms with Crippen LogP contribution in [0.4, 0.5) is 0 Å². The van der Waals surface area contributed by atoms with Crippen LogP contribution in [0.1, 0.15) is 37.0 Å². The van der Waals surface area contributed by atoms with Crippen LogP contribution in [-0.4, -0.2) is 24.6 Å². The minimum Gasteiger partial charge on any atom is -0.308 e. The highest BCUT2D eigenvalue weighted by Gasteiger charge is 2.21. The average Bonchev–Trinajstić information content (AvgIpc) is 2.22. The fourth-order valence-electron chi connectivity index (χ4n) is 1.32. The van der Waals surface area contributed by atoms with E-state index in [9.17, 15) is 13.2 Å².